The highest BCUT2D eigenvalue weighted by atomic mass is 35.5. The molecule has 28 heavy (non-hydrogen) atoms. The minimum Gasteiger partial charge on any atom is -0.481 e. The van der Waals surface area contributed by atoms with E-state index >= 15 is 0 Å². The first-order valence-corrected chi connectivity index (χ1v) is 9.08. The van der Waals surface area contributed by atoms with Crippen LogP contribution in [0.25, 0.3) is 0 Å². The normalized spacial score (nSPS) is 11.4. The van der Waals surface area contributed by atoms with Gasteiger partial charge in [0.15, 0.2) is 6.10 Å². The van der Waals surface area contributed by atoms with Crippen LogP contribution >= 0.6 is 11.6 Å². The fourth-order valence-corrected chi connectivity index (χ4v) is 2.57. The van der Waals surface area contributed by atoms with E-state index in [0.717, 1.165) is 0 Å². The number of carbonyl (C=O) groups excluding carboxylic acids is 2. The number of carbonyl (C=O) groups is 2. The number of amides is 2. The van der Waals surface area contributed by atoms with Crippen LogP contribution in [0.5, 0.6) is 5.75 Å². The predicted molar refractivity (Wildman–Crippen MR) is 111 cm³/mol. The molecule has 6 heteroatoms. The Morgan fingerprint density at radius 3 is 2.00 bits per heavy atom. The predicted octanol–water partition coefficient (Wildman–Crippen LogP) is 5.00. The van der Waals surface area contributed by atoms with Crippen LogP contribution in [0, 0.1) is 0 Å². The summed E-state index contributed by atoms with van der Waals surface area (Å²) in [5, 5.41) is 6.20. The van der Waals surface area contributed by atoms with E-state index in [1.165, 1.54) is 0 Å². The molecule has 0 fully saturated rings. The first-order valence-electron chi connectivity index (χ1n) is 8.71. The molecular formula is C22H19ClN2O3. The number of anilines is 2. The van der Waals surface area contributed by atoms with E-state index in [4.69, 9.17) is 16.3 Å². The molecule has 142 valence electrons. The smallest absolute Gasteiger partial charge is 0.265 e. The maximum atomic E-state index is 12.3. The van der Waals surface area contributed by atoms with Crippen LogP contribution < -0.4 is 15.4 Å². The van der Waals surface area contributed by atoms with Crippen LogP contribution in [-0.4, -0.2) is 17.9 Å². The number of rotatable bonds is 6. The molecule has 0 aliphatic rings. The molecule has 0 saturated carbocycles. The Kier molecular flexibility index (Phi) is 6.29. The van der Waals surface area contributed by atoms with Gasteiger partial charge < -0.3 is 15.4 Å². The first-order chi connectivity index (χ1) is 13.5. The van der Waals surface area contributed by atoms with Gasteiger partial charge in [0.2, 0.25) is 0 Å². The Morgan fingerprint density at radius 1 is 0.821 bits per heavy atom. The molecule has 3 aromatic carbocycles. The van der Waals surface area contributed by atoms with E-state index < -0.39 is 6.10 Å². The van der Waals surface area contributed by atoms with Gasteiger partial charge in [-0.1, -0.05) is 29.8 Å². The fourth-order valence-electron chi connectivity index (χ4n) is 2.44. The Morgan fingerprint density at radius 2 is 1.39 bits per heavy atom. The second-order valence-corrected chi connectivity index (χ2v) is 6.54. The SMILES string of the molecule is CC(Oc1ccc(Cl)cc1)C(=O)Nc1ccc(NC(=O)c2ccccc2)cc1. The van der Waals surface area contributed by atoms with E-state index in [2.05, 4.69) is 10.6 Å². The Labute approximate surface area is 168 Å². The average molecular weight is 395 g/mol. The molecule has 0 bridgehead atoms. The molecule has 0 aliphatic heterocycles. The van der Waals surface area contributed by atoms with Crippen molar-refractivity contribution in [3.05, 3.63) is 89.4 Å². The highest BCUT2D eigenvalue weighted by molar-refractivity contribution is 6.30. The lowest BCUT2D eigenvalue weighted by atomic mass is 10.2. The van der Waals surface area contributed by atoms with Crippen LogP contribution in [0.1, 0.15) is 17.3 Å². The Bertz CT molecular complexity index is 942. The molecule has 3 rings (SSSR count). The Balaban J connectivity index is 1.55. The number of halogens is 1. The maximum Gasteiger partial charge on any atom is 0.265 e. The summed E-state index contributed by atoms with van der Waals surface area (Å²) in [5.74, 6) is 0.0874. The largest absolute Gasteiger partial charge is 0.481 e. The van der Waals surface area contributed by atoms with Crippen molar-refractivity contribution in [2.75, 3.05) is 10.6 Å². The molecule has 0 aliphatic carbocycles. The minimum absolute atomic E-state index is 0.192. The van der Waals surface area contributed by atoms with Gasteiger partial charge in [0, 0.05) is 22.0 Å². The van der Waals surface area contributed by atoms with Crippen LogP contribution in [0.15, 0.2) is 78.9 Å². The van der Waals surface area contributed by atoms with Gasteiger partial charge in [0.1, 0.15) is 5.75 Å². The maximum absolute atomic E-state index is 12.3. The van der Waals surface area contributed by atoms with E-state index in [-0.39, 0.29) is 11.8 Å². The lowest BCUT2D eigenvalue weighted by Gasteiger charge is -2.15. The average Bonchev–Trinajstić information content (AvgIpc) is 2.71. The molecule has 0 spiro atoms. The van der Waals surface area contributed by atoms with Crippen molar-refractivity contribution >= 4 is 34.8 Å². The molecular weight excluding hydrogens is 376 g/mol. The zero-order valence-electron chi connectivity index (χ0n) is 15.2. The first kappa shape index (κ1) is 19.5. The van der Waals surface area contributed by atoms with Gasteiger partial charge in [-0.05, 0) is 67.6 Å². The second-order valence-electron chi connectivity index (χ2n) is 6.10. The van der Waals surface area contributed by atoms with Gasteiger partial charge in [0.25, 0.3) is 11.8 Å². The number of hydrogen-bond acceptors (Lipinski definition) is 3. The minimum atomic E-state index is -0.682. The van der Waals surface area contributed by atoms with Gasteiger partial charge in [-0.2, -0.15) is 0 Å². The lowest BCUT2D eigenvalue weighted by molar-refractivity contribution is -0.122. The quantitative estimate of drug-likeness (QED) is 0.618. The summed E-state index contributed by atoms with van der Waals surface area (Å²) in [7, 11) is 0. The summed E-state index contributed by atoms with van der Waals surface area (Å²) in [6, 6.07) is 22.6. The van der Waals surface area contributed by atoms with Crippen molar-refractivity contribution in [3.8, 4) is 5.75 Å². The zero-order chi connectivity index (χ0) is 19.9. The second kappa shape index (κ2) is 9.06. The third-order valence-corrected chi connectivity index (χ3v) is 4.19. The molecule has 5 nitrogen and oxygen atoms in total. The molecule has 1 atom stereocenters. The standard InChI is InChI=1S/C22H19ClN2O3/c1-15(28-20-13-7-17(23)8-14-20)21(26)24-18-9-11-19(12-10-18)25-22(27)16-5-3-2-4-6-16/h2-15H,1H3,(H,24,26)(H,25,27). The number of ether oxygens (including phenoxy) is 1. The summed E-state index contributed by atoms with van der Waals surface area (Å²) in [4.78, 5) is 24.5. The van der Waals surface area contributed by atoms with E-state index in [1.54, 1.807) is 79.7 Å². The fraction of sp³-hybridized carbons (Fsp3) is 0.0909. The van der Waals surface area contributed by atoms with Gasteiger partial charge >= 0.3 is 0 Å². The lowest BCUT2D eigenvalue weighted by Crippen LogP contribution is -2.30. The van der Waals surface area contributed by atoms with Crippen molar-refractivity contribution in [3.63, 3.8) is 0 Å². The Hall–Kier alpha value is -3.31. The van der Waals surface area contributed by atoms with E-state index in [1.807, 2.05) is 6.07 Å². The molecule has 0 radical (unpaired) electrons. The van der Waals surface area contributed by atoms with Crippen LogP contribution in [0.2, 0.25) is 5.02 Å². The molecule has 0 aromatic heterocycles. The third kappa shape index (κ3) is 5.34. The number of hydrogen-bond donors (Lipinski definition) is 2. The van der Waals surface area contributed by atoms with Crippen molar-refractivity contribution < 1.29 is 14.3 Å². The van der Waals surface area contributed by atoms with Crippen molar-refractivity contribution in [1.82, 2.24) is 0 Å². The van der Waals surface area contributed by atoms with E-state index in [0.29, 0.717) is 27.7 Å². The highest BCUT2D eigenvalue weighted by Gasteiger charge is 2.15. The summed E-state index contributed by atoms with van der Waals surface area (Å²) < 4.78 is 5.60. The summed E-state index contributed by atoms with van der Waals surface area (Å²) >= 11 is 5.84. The molecule has 3 aromatic rings. The monoisotopic (exact) mass is 394 g/mol. The van der Waals surface area contributed by atoms with Gasteiger partial charge in [-0.3, -0.25) is 9.59 Å². The third-order valence-electron chi connectivity index (χ3n) is 3.94. The molecule has 0 saturated heterocycles. The summed E-state index contributed by atoms with van der Waals surface area (Å²) in [6.07, 6.45) is -0.682. The molecule has 1 unspecified atom stereocenters. The number of nitrogens with one attached hydrogen (secondary N) is 2. The molecule has 0 heterocycles. The molecule has 2 amide bonds. The summed E-state index contributed by atoms with van der Waals surface area (Å²) in [6.45, 7) is 1.67. The topological polar surface area (TPSA) is 67.4 Å². The number of benzene rings is 3. The van der Waals surface area contributed by atoms with Crippen molar-refractivity contribution in [2.45, 2.75) is 13.0 Å². The summed E-state index contributed by atoms with van der Waals surface area (Å²) in [5.41, 5.74) is 1.82. The van der Waals surface area contributed by atoms with Crippen LogP contribution in [-0.2, 0) is 4.79 Å². The van der Waals surface area contributed by atoms with Gasteiger partial charge in [0.05, 0.1) is 0 Å². The van der Waals surface area contributed by atoms with E-state index in [9.17, 15) is 9.59 Å². The molecule has 2 N–H and O–H groups in total. The van der Waals surface area contributed by atoms with Crippen molar-refractivity contribution in [2.24, 2.45) is 0 Å². The zero-order valence-corrected chi connectivity index (χ0v) is 15.9. The van der Waals surface area contributed by atoms with Gasteiger partial charge in [-0.15, -0.1) is 0 Å². The van der Waals surface area contributed by atoms with Crippen LogP contribution in [0.4, 0.5) is 11.4 Å². The van der Waals surface area contributed by atoms with Crippen molar-refractivity contribution in [1.29, 1.82) is 0 Å². The van der Waals surface area contributed by atoms with Gasteiger partial charge in [-0.25, -0.2) is 0 Å². The van der Waals surface area contributed by atoms with Crippen LogP contribution in [0.3, 0.4) is 0 Å². The highest BCUT2D eigenvalue weighted by Crippen LogP contribution is 2.18.